The van der Waals surface area contributed by atoms with Crippen molar-refractivity contribution in [1.82, 2.24) is 15.5 Å². The highest BCUT2D eigenvalue weighted by Gasteiger charge is 2.25. The largest absolute Gasteiger partial charge is 0.355 e. The van der Waals surface area contributed by atoms with E-state index in [9.17, 15) is 9.59 Å². The lowest BCUT2D eigenvalue weighted by atomic mass is 9.90. The van der Waals surface area contributed by atoms with Gasteiger partial charge in [0, 0.05) is 36.7 Å². The van der Waals surface area contributed by atoms with E-state index in [4.69, 9.17) is 0 Å². The molecule has 126 valence electrons. The first-order valence-electron chi connectivity index (χ1n) is 8.20. The number of benzene rings is 1. The van der Waals surface area contributed by atoms with Crippen LogP contribution in [-0.4, -0.2) is 28.6 Å². The molecule has 1 aromatic heterocycles. The standard InChI is InChI=1S/C18H22N4O2/c1-11-14(12(2)22-21-11)7-8-17(23)19-10-13-9-18(24)20-16-6-4-3-5-15(13)16/h3-6,13H,7-10H2,1-2H3,(H,19,23)(H,20,24)(H,21,22). The molecule has 6 heteroatoms. The van der Waals surface area contributed by atoms with Crippen molar-refractivity contribution in [3.05, 3.63) is 46.8 Å². The van der Waals surface area contributed by atoms with Crippen molar-refractivity contribution in [1.29, 1.82) is 0 Å². The van der Waals surface area contributed by atoms with Gasteiger partial charge in [0.05, 0.1) is 5.69 Å². The van der Waals surface area contributed by atoms with E-state index in [-0.39, 0.29) is 17.7 Å². The summed E-state index contributed by atoms with van der Waals surface area (Å²) in [6.45, 7) is 4.38. The number of nitrogens with one attached hydrogen (secondary N) is 3. The summed E-state index contributed by atoms with van der Waals surface area (Å²) >= 11 is 0. The number of amides is 2. The Kier molecular flexibility index (Phi) is 4.64. The smallest absolute Gasteiger partial charge is 0.225 e. The molecule has 3 rings (SSSR count). The van der Waals surface area contributed by atoms with Crippen LogP contribution in [0.25, 0.3) is 0 Å². The van der Waals surface area contributed by atoms with E-state index >= 15 is 0 Å². The second kappa shape index (κ2) is 6.86. The molecule has 2 heterocycles. The van der Waals surface area contributed by atoms with Gasteiger partial charge in [0.1, 0.15) is 0 Å². The molecular formula is C18H22N4O2. The second-order valence-corrected chi connectivity index (χ2v) is 6.25. The van der Waals surface area contributed by atoms with E-state index in [1.54, 1.807) is 0 Å². The Bertz CT molecular complexity index is 747. The number of H-pyrrole nitrogens is 1. The molecule has 0 aliphatic carbocycles. The topological polar surface area (TPSA) is 86.9 Å². The first-order valence-corrected chi connectivity index (χ1v) is 8.20. The van der Waals surface area contributed by atoms with Crippen LogP contribution in [-0.2, 0) is 16.0 Å². The molecule has 1 aromatic carbocycles. The lowest BCUT2D eigenvalue weighted by Crippen LogP contribution is -2.33. The third-order valence-corrected chi connectivity index (χ3v) is 4.53. The molecule has 1 unspecified atom stereocenters. The molecular weight excluding hydrogens is 304 g/mol. The molecule has 0 fully saturated rings. The van der Waals surface area contributed by atoms with Crippen LogP contribution in [0.1, 0.15) is 41.3 Å². The van der Waals surface area contributed by atoms with Gasteiger partial charge < -0.3 is 10.6 Å². The number of aromatic nitrogens is 2. The first-order chi connectivity index (χ1) is 11.5. The molecule has 0 radical (unpaired) electrons. The fraction of sp³-hybridized carbons (Fsp3) is 0.389. The van der Waals surface area contributed by atoms with Gasteiger partial charge >= 0.3 is 0 Å². The fourth-order valence-electron chi connectivity index (χ4n) is 3.19. The van der Waals surface area contributed by atoms with Crippen LogP contribution >= 0.6 is 0 Å². The van der Waals surface area contributed by atoms with Crippen LogP contribution in [0.15, 0.2) is 24.3 Å². The maximum Gasteiger partial charge on any atom is 0.225 e. The van der Waals surface area contributed by atoms with Crippen molar-refractivity contribution >= 4 is 17.5 Å². The molecule has 1 aliphatic rings. The molecule has 1 atom stereocenters. The summed E-state index contributed by atoms with van der Waals surface area (Å²) < 4.78 is 0. The normalized spacial score (nSPS) is 16.4. The second-order valence-electron chi connectivity index (χ2n) is 6.25. The molecule has 3 N–H and O–H groups in total. The summed E-state index contributed by atoms with van der Waals surface area (Å²) in [5.74, 6) is 0.0207. The minimum Gasteiger partial charge on any atom is -0.355 e. The first kappa shape index (κ1) is 16.2. The van der Waals surface area contributed by atoms with Gasteiger partial charge in [0.15, 0.2) is 0 Å². The molecule has 24 heavy (non-hydrogen) atoms. The number of para-hydroxylation sites is 1. The summed E-state index contributed by atoms with van der Waals surface area (Å²) in [7, 11) is 0. The van der Waals surface area contributed by atoms with Crippen LogP contribution in [0.3, 0.4) is 0 Å². The van der Waals surface area contributed by atoms with Gasteiger partial charge in [-0.2, -0.15) is 5.10 Å². The number of rotatable bonds is 5. The number of aryl methyl sites for hydroxylation is 2. The van der Waals surface area contributed by atoms with Gasteiger partial charge in [-0.1, -0.05) is 18.2 Å². The zero-order valence-corrected chi connectivity index (χ0v) is 14.0. The van der Waals surface area contributed by atoms with E-state index in [1.165, 1.54) is 0 Å². The minimum atomic E-state index is -0.00223. The van der Waals surface area contributed by atoms with Crippen LogP contribution in [0.2, 0.25) is 0 Å². The molecule has 6 nitrogen and oxygen atoms in total. The number of hydrogen-bond acceptors (Lipinski definition) is 3. The molecule has 0 saturated heterocycles. The van der Waals surface area contributed by atoms with E-state index in [0.717, 1.165) is 28.2 Å². The van der Waals surface area contributed by atoms with Crippen molar-refractivity contribution in [3.8, 4) is 0 Å². The van der Waals surface area contributed by atoms with Gasteiger partial charge in [-0.25, -0.2) is 0 Å². The van der Waals surface area contributed by atoms with Crippen molar-refractivity contribution < 1.29 is 9.59 Å². The van der Waals surface area contributed by atoms with Crippen molar-refractivity contribution in [2.75, 3.05) is 11.9 Å². The Labute approximate surface area is 141 Å². The zero-order chi connectivity index (χ0) is 17.1. The predicted octanol–water partition coefficient (Wildman–Crippen LogP) is 2.20. The SMILES string of the molecule is Cc1n[nH]c(C)c1CCC(=O)NCC1CC(=O)Nc2ccccc21. The Balaban J connectivity index is 1.56. The van der Waals surface area contributed by atoms with Gasteiger partial charge in [-0.3, -0.25) is 14.7 Å². The predicted molar refractivity (Wildman–Crippen MR) is 91.8 cm³/mol. The number of carbonyl (C=O) groups excluding carboxylic acids is 2. The van der Waals surface area contributed by atoms with Crippen LogP contribution in [0, 0.1) is 13.8 Å². The highest BCUT2D eigenvalue weighted by molar-refractivity contribution is 5.94. The maximum absolute atomic E-state index is 12.2. The highest BCUT2D eigenvalue weighted by Crippen LogP contribution is 2.31. The van der Waals surface area contributed by atoms with E-state index in [0.29, 0.717) is 25.8 Å². The molecule has 1 aliphatic heterocycles. The zero-order valence-electron chi connectivity index (χ0n) is 14.0. The molecule has 0 spiro atoms. The van der Waals surface area contributed by atoms with Gasteiger partial charge in [0.2, 0.25) is 11.8 Å². The van der Waals surface area contributed by atoms with Crippen LogP contribution in [0.4, 0.5) is 5.69 Å². The number of hydrogen-bond donors (Lipinski definition) is 3. The number of aromatic amines is 1. The lowest BCUT2D eigenvalue weighted by Gasteiger charge is -2.25. The Morgan fingerprint density at radius 1 is 1.33 bits per heavy atom. The third kappa shape index (κ3) is 3.48. The number of nitrogens with zero attached hydrogens (tertiary/aromatic N) is 1. The molecule has 0 bridgehead atoms. The Morgan fingerprint density at radius 3 is 2.88 bits per heavy atom. The average molecular weight is 326 g/mol. The maximum atomic E-state index is 12.2. The van der Waals surface area contributed by atoms with Crippen molar-refractivity contribution in [2.24, 2.45) is 0 Å². The van der Waals surface area contributed by atoms with Crippen molar-refractivity contribution in [3.63, 3.8) is 0 Å². The summed E-state index contributed by atoms with van der Waals surface area (Å²) in [5.41, 5.74) is 4.99. The van der Waals surface area contributed by atoms with E-state index in [2.05, 4.69) is 20.8 Å². The Hall–Kier alpha value is -2.63. The lowest BCUT2D eigenvalue weighted by molar-refractivity contribution is -0.121. The van der Waals surface area contributed by atoms with Gasteiger partial charge in [-0.05, 0) is 37.5 Å². The van der Waals surface area contributed by atoms with Crippen molar-refractivity contribution in [2.45, 2.75) is 39.0 Å². The number of carbonyl (C=O) groups is 2. The molecule has 2 aromatic rings. The average Bonchev–Trinajstić information content (AvgIpc) is 2.89. The molecule has 2 amide bonds. The monoisotopic (exact) mass is 326 g/mol. The fourth-order valence-corrected chi connectivity index (χ4v) is 3.19. The number of fused-ring (bicyclic) bond motifs is 1. The summed E-state index contributed by atoms with van der Waals surface area (Å²) in [4.78, 5) is 24.0. The molecule has 0 saturated carbocycles. The summed E-state index contributed by atoms with van der Waals surface area (Å²) in [6, 6.07) is 7.75. The number of anilines is 1. The van der Waals surface area contributed by atoms with Crippen LogP contribution < -0.4 is 10.6 Å². The van der Waals surface area contributed by atoms with E-state index in [1.807, 2.05) is 38.1 Å². The summed E-state index contributed by atoms with van der Waals surface area (Å²) in [6.07, 6.45) is 1.49. The van der Waals surface area contributed by atoms with Gasteiger partial charge in [0.25, 0.3) is 0 Å². The Morgan fingerprint density at radius 2 is 2.12 bits per heavy atom. The van der Waals surface area contributed by atoms with Crippen LogP contribution in [0.5, 0.6) is 0 Å². The third-order valence-electron chi connectivity index (χ3n) is 4.53. The minimum absolute atomic E-state index is 0.00142. The van der Waals surface area contributed by atoms with E-state index < -0.39 is 0 Å². The highest BCUT2D eigenvalue weighted by atomic mass is 16.2. The summed E-state index contributed by atoms with van der Waals surface area (Å²) in [5, 5.41) is 12.9. The quantitative estimate of drug-likeness (QED) is 0.787. The van der Waals surface area contributed by atoms with Gasteiger partial charge in [-0.15, -0.1) is 0 Å².